The smallest absolute Gasteiger partial charge is 0.416 e. The zero-order chi connectivity index (χ0) is 17.8. The fourth-order valence-corrected chi connectivity index (χ4v) is 3.30. The van der Waals surface area contributed by atoms with Crippen molar-refractivity contribution < 1.29 is 18.3 Å². The second-order valence-electron chi connectivity index (χ2n) is 6.51. The van der Waals surface area contributed by atoms with Crippen molar-refractivity contribution in [3.8, 4) is 17.0 Å². The number of halogens is 3. The highest BCUT2D eigenvalue weighted by molar-refractivity contribution is 5.69. The normalized spacial score (nSPS) is 18.8. The van der Waals surface area contributed by atoms with Crippen LogP contribution in [0.5, 0.6) is 5.75 Å². The lowest BCUT2D eigenvalue weighted by atomic mass is 9.79. The van der Waals surface area contributed by atoms with Gasteiger partial charge in [0.2, 0.25) is 5.95 Å². The first kappa shape index (κ1) is 16.1. The van der Waals surface area contributed by atoms with Crippen molar-refractivity contribution in [3.05, 3.63) is 29.5 Å². The molecule has 2 aromatic rings. The van der Waals surface area contributed by atoms with Crippen molar-refractivity contribution in [1.82, 2.24) is 20.5 Å². The molecule has 9 heteroatoms. The van der Waals surface area contributed by atoms with Crippen LogP contribution in [0.4, 0.5) is 19.1 Å². The van der Waals surface area contributed by atoms with Crippen molar-refractivity contribution in [1.29, 1.82) is 0 Å². The van der Waals surface area contributed by atoms with Crippen LogP contribution in [-0.4, -0.2) is 45.5 Å². The van der Waals surface area contributed by atoms with Gasteiger partial charge < -0.3 is 15.3 Å². The van der Waals surface area contributed by atoms with Crippen LogP contribution >= 0.6 is 0 Å². The molecule has 4 rings (SSSR count). The van der Waals surface area contributed by atoms with Crippen LogP contribution in [0, 0.1) is 6.92 Å². The zero-order valence-electron chi connectivity index (χ0n) is 13.4. The minimum atomic E-state index is -4.51. The van der Waals surface area contributed by atoms with Gasteiger partial charge in [0.25, 0.3) is 0 Å². The Morgan fingerprint density at radius 1 is 1.24 bits per heavy atom. The number of anilines is 1. The zero-order valence-corrected chi connectivity index (χ0v) is 13.4. The van der Waals surface area contributed by atoms with Gasteiger partial charge in [-0.05, 0) is 31.5 Å². The fourth-order valence-electron chi connectivity index (χ4n) is 3.30. The number of nitrogens with one attached hydrogen (secondary N) is 1. The molecule has 25 heavy (non-hydrogen) atoms. The van der Waals surface area contributed by atoms with E-state index in [9.17, 15) is 18.3 Å². The lowest BCUT2D eigenvalue weighted by Crippen LogP contribution is -2.76. The first-order chi connectivity index (χ1) is 11.8. The number of hydrogen-bond donors (Lipinski definition) is 2. The minimum Gasteiger partial charge on any atom is -0.507 e. The van der Waals surface area contributed by atoms with E-state index in [4.69, 9.17) is 0 Å². The van der Waals surface area contributed by atoms with Gasteiger partial charge in [0.05, 0.1) is 16.8 Å². The van der Waals surface area contributed by atoms with E-state index >= 15 is 0 Å². The Morgan fingerprint density at radius 2 is 2.00 bits per heavy atom. The standard InChI is InChI=1S/C16H16F3N5O/c1-9-13(11-3-2-10(6-12(11)25)16(17,18)19)22-23-14(21-9)24-5-4-15(24)7-20-8-15/h2-3,6,20,25H,4-5,7-8H2,1H3. The molecule has 2 aliphatic rings. The van der Waals surface area contributed by atoms with E-state index in [-0.39, 0.29) is 16.8 Å². The number of nitrogens with zero attached hydrogens (tertiary/aromatic N) is 4. The Balaban J connectivity index is 1.65. The van der Waals surface area contributed by atoms with Gasteiger partial charge in [-0.2, -0.15) is 13.2 Å². The topological polar surface area (TPSA) is 74.2 Å². The van der Waals surface area contributed by atoms with E-state index in [1.165, 1.54) is 6.07 Å². The van der Waals surface area contributed by atoms with Crippen LogP contribution < -0.4 is 10.2 Å². The maximum atomic E-state index is 12.7. The number of phenols is 1. The van der Waals surface area contributed by atoms with Gasteiger partial charge in [-0.3, -0.25) is 0 Å². The predicted octanol–water partition coefficient (Wildman–Crippen LogP) is 2.12. The van der Waals surface area contributed by atoms with Crippen molar-refractivity contribution in [2.75, 3.05) is 24.5 Å². The number of alkyl halides is 3. The van der Waals surface area contributed by atoms with Gasteiger partial charge in [0.1, 0.15) is 11.4 Å². The second kappa shape index (κ2) is 5.29. The van der Waals surface area contributed by atoms with E-state index < -0.39 is 17.5 Å². The summed E-state index contributed by atoms with van der Waals surface area (Å²) in [7, 11) is 0. The average Bonchev–Trinajstić information content (AvgIpc) is 2.44. The number of aryl methyl sites for hydroxylation is 1. The first-order valence-electron chi connectivity index (χ1n) is 7.90. The second-order valence-corrected chi connectivity index (χ2v) is 6.51. The third-order valence-corrected chi connectivity index (χ3v) is 4.95. The third kappa shape index (κ3) is 2.50. The van der Waals surface area contributed by atoms with Crippen LogP contribution in [0.1, 0.15) is 17.7 Å². The van der Waals surface area contributed by atoms with E-state index in [0.29, 0.717) is 17.7 Å². The molecule has 0 saturated carbocycles. The molecule has 2 N–H and O–H groups in total. The predicted molar refractivity (Wildman–Crippen MR) is 84.2 cm³/mol. The Hall–Kier alpha value is -2.42. The SMILES string of the molecule is Cc1nc(N2CCC23CNC3)nnc1-c1ccc(C(F)(F)F)cc1O. The number of aromatic nitrogens is 3. The largest absolute Gasteiger partial charge is 0.507 e. The molecule has 0 unspecified atom stereocenters. The Morgan fingerprint density at radius 3 is 2.48 bits per heavy atom. The molecule has 1 spiro atoms. The number of hydrogen-bond acceptors (Lipinski definition) is 6. The van der Waals surface area contributed by atoms with E-state index in [1.807, 2.05) is 0 Å². The molecule has 1 aromatic carbocycles. The summed E-state index contributed by atoms with van der Waals surface area (Å²) in [4.78, 5) is 6.55. The summed E-state index contributed by atoms with van der Waals surface area (Å²) < 4.78 is 38.2. The molecule has 0 amide bonds. The van der Waals surface area contributed by atoms with Crippen LogP contribution in [0.25, 0.3) is 11.3 Å². The number of phenolic OH excluding ortho intramolecular Hbond substituents is 1. The van der Waals surface area contributed by atoms with Crippen molar-refractivity contribution in [2.24, 2.45) is 0 Å². The lowest BCUT2D eigenvalue weighted by molar-refractivity contribution is -0.137. The number of rotatable bonds is 2. The molecule has 3 heterocycles. The molecular weight excluding hydrogens is 335 g/mol. The van der Waals surface area contributed by atoms with Gasteiger partial charge in [-0.1, -0.05) is 0 Å². The van der Waals surface area contributed by atoms with Gasteiger partial charge in [-0.25, -0.2) is 4.98 Å². The van der Waals surface area contributed by atoms with E-state index in [0.717, 1.165) is 32.1 Å². The van der Waals surface area contributed by atoms with Crippen LogP contribution in [0.2, 0.25) is 0 Å². The summed E-state index contributed by atoms with van der Waals surface area (Å²) in [5.41, 5.74) is 0.127. The maximum Gasteiger partial charge on any atom is 0.416 e. The summed E-state index contributed by atoms with van der Waals surface area (Å²) in [5.74, 6) is 0.0192. The molecule has 2 saturated heterocycles. The molecule has 6 nitrogen and oxygen atoms in total. The monoisotopic (exact) mass is 351 g/mol. The first-order valence-corrected chi connectivity index (χ1v) is 7.90. The summed E-state index contributed by atoms with van der Waals surface area (Å²) in [5, 5.41) is 21.5. The summed E-state index contributed by atoms with van der Waals surface area (Å²) >= 11 is 0. The Labute approximate surface area is 141 Å². The summed E-state index contributed by atoms with van der Waals surface area (Å²) in [6.45, 7) is 4.33. The van der Waals surface area contributed by atoms with Gasteiger partial charge in [0.15, 0.2) is 0 Å². The minimum absolute atomic E-state index is 0.0755. The Bertz CT molecular complexity index is 829. The van der Waals surface area contributed by atoms with Gasteiger partial charge in [0, 0.05) is 25.2 Å². The van der Waals surface area contributed by atoms with Crippen molar-refractivity contribution >= 4 is 5.95 Å². The highest BCUT2D eigenvalue weighted by atomic mass is 19.4. The summed E-state index contributed by atoms with van der Waals surface area (Å²) in [6, 6.07) is 2.79. The molecule has 0 atom stereocenters. The lowest BCUT2D eigenvalue weighted by Gasteiger charge is -2.58. The van der Waals surface area contributed by atoms with Crippen LogP contribution in [0.15, 0.2) is 18.2 Å². The molecular formula is C16H16F3N5O. The van der Waals surface area contributed by atoms with E-state index in [1.54, 1.807) is 6.92 Å². The number of aromatic hydroxyl groups is 1. The molecule has 0 radical (unpaired) electrons. The molecule has 1 aromatic heterocycles. The van der Waals surface area contributed by atoms with Gasteiger partial charge >= 0.3 is 6.18 Å². The summed E-state index contributed by atoms with van der Waals surface area (Å²) in [6.07, 6.45) is -3.44. The van der Waals surface area contributed by atoms with Gasteiger partial charge in [-0.15, -0.1) is 10.2 Å². The quantitative estimate of drug-likeness (QED) is 0.863. The number of benzene rings is 1. The molecule has 2 fully saturated rings. The average molecular weight is 351 g/mol. The van der Waals surface area contributed by atoms with Crippen molar-refractivity contribution in [2.45, 2.75) is 25.1 Å². The Kier molecular flexibility index (Phi) is 3.40. The fraction of sp³-hybridized carbons (Fsp3) is 0.438. The highest BCUT2D eigenvalue weighted by Gasteiger charge is 2.50. The van der Waals surface area contributed by atoms with E-state index in [2.05, 4.69) is 25.4 Å². The molecule has 0 aliphatic carbocycles. The maximum absolute atomic E-state index is 12.7. The highest BCUT2D eigenvalue weighted by Crippen LogP contribution is 2.39. The third-order valence-electron chi connectivity index (χ3n) is 4.95. The van der Waals surface area contributed by atoms with Crippen LogP contribution in [-0.2, 0) is 6.18 Å². The molecule has 132 valence electrons. The molecule has 2 aliphatic heterocycles. The van der Waals surface area contributed by atoms with Crippen molar-refractivity contribution in [3.63, 3.8) is 0 Å². The molecule has 0 bridgehead atoms. The van der Waals surface area contributed by atoms with Crippen LogP contribution in [0.3, 0.4) is 0 Å².